The highest BCUT2D eigenvalue weighted by atomic mass is 32.2. The van der Waals surface area contributed by atoms with Gasteiger partial charge in [-0.3, -0.25) is 4.79 Å². The van der Waals surface area contributed by atoms with Gasteiger partial charge in [-0.05, 0) is 20.3 Å². The van der Waals surface area contributed by atoms with Crippen LogP contribution in [0.2, 0.25) is 0 Å². The molecule has 1 N–H and O–H groups in total. The van der Waals surface area contributed by atoms with Crippen molar-refractivity contribution >= 4 is 21.9 Å². The summed E-state index contributed by atoms with van der Waals surface area (Å²) >= 11 is 0. The fourth-order valence-electron chi connectivity index (χ4n) is 2.99. The van der Waals surface area contributed by atoms with Gasteiger partial charge in [-0.2, -0.15) is 4.31 Å². The Morgan fingerprint density at radius 2 is 1.72 bits per heavy atom. The van der Waals surface area contributed by atoms with Crippen molar-refractivity contribution in [3.8, 4) is 0 Å². The van der Waals surface area contributed by atoms with Gasteiger partial charge in [-0.15, -0.1) is 0 Å². The molecule has 0 saturated carbocycles. The van der Waals surface area contributed by atoms with Crippen LogP contribution in [0.4, 0.5) is 0 Å². The van der Waals surface area contributed by atoms with Gasteiger partial charge in [0.15, 0.2) is 0 Å². The van der Waals surface area contributed by atoms with Gasteiger partial charge in [0, 0.05) is 32.1 Å². The number of rotatable bonds is 5. The summed E-state index contributed by atoms with van der Waals surface area (Å²) in [5.41, 5.74) is -0.324. The number of carboxylic acids is 1. The largest absolute Gasteiger partial charge is 0.478 e. The minimum absolute atomic E-state index is 0.0149. The van der Waals surface area contributed by atoms with Crippen molar-refractivity contribution in [2.75, 3.05) is 26.2 Å². The third-order valence-electron chi connectivity index (χ3n) is 4.60. The van der Waals surface area contributed by atoms with Crippen molar-refractivity contribution in [1.82, 2.24) is 9.21 Å². The molecule has 25 heavy (non-hydrogen) atoms. The van der Waals surface area contributed by atoms with Gasteiger partial charge in [-0.1, -0.05) is 13.8 Å². The van der Waals surface area contributed by atoms with Gasteiger partial charge in [0.1, 0.15) is 22.0 Å². The Bertz CT molecular complexity index is 775. The molecule has 0 bridgehead atoms. The molecule has 0 aromatic carbocycles. The number of carboxylic acid groups (broad SMARTS) is 1. The average Bonchev–Trinajstić information content (AvgIpc) is 2.88. The molecule has 0 aliphatic carbocycles. The molecule has 1 aliphatic heterocycles. The number of carbonyl (C=O) groups is 2. The van der Waals surface area contributed by atoms with Crippen LogP contribution in [0.5, 0.6) is 0 Å². The molecule has 1 atom stereocenters. The van der Waals surface area contributed by atoms with Gasteiger partial charge in [-0.25, -0.2) is 13.2 Å². The number of aromatic carboxylic acids is 1. The molecule has 1 aliphatic rings. The fourth-order valence-corrected chi connectivity index (χ4v) is 4.78. The molecule has 2 heterocycles. The van der Waals surface area contributed by atoms with Crippen molar-refractivity contribution < 1.29 is 27.5 Å². The number of piperazine rings is 1. The molecule has 8 nitrogen and oxygen atoms in total. The summed E-state index contributed by atoms with van der Waals surface area (Å²) in [6, 6.07) is 0. The molecular formula is C16H24N2O6S. The van der Waals surface area contributed by atoms with Crippen molar-refractivity contribution in [2.24, 2.45) is 5.92 Å². The van der Waals surface area contributed by atoms with Crippen LogP contribution in [0.15, 0.2) is 9.31 Å². The van der Waals surface area contributed by atoms with Crippen molar-refractivity contribution in [1.29, 1.82) is 0 Å². The number of sulfonamides is 1. The Morgan fingerprint density at radius 1 is 1.16 bits per heavy atom. The molecule has 140 valence electrons. The first-order chi connectivity index (χ1) is 11.6. The maximum absolute atomic E-state index is 12.9. The van der Waals surface area contributed by atoms with Crippen molar-refractivity contribution in [3.63, 3.8) is 0 Å². The zero-order chi connectivity index (χ0) is 18.9. The van der Waals surface area contributed by atoms with Crippen molar-refractivity contribution in [3.05, 3.63) is 17.1 Å². The summed E-state index contributed by atoms with van der Waals surface area (Å²) in [7, 11) is -4.00. The van der Waals surface area contributed by atoms with Gasteiger partial charge < -0.3 is 14.4 Å². The fraction of sp³-hybridized carbons (Fsp3) is 0.625. The minimum atomic E-state index is -4.00. The van der Waals surface area contributed by atoms with Crippen LogP contribution < -0.4 is 0 Å². The lowest BCUT2D eigenvalue weighted by Crippen LogP contribution is -2.51. The van der Waals surface area contributed by atoms with E-state index in [-0.39, 0.29) is 46.9 Å². The minimum Gasteiger partial charge on any atom is -0.478 e. The van der Waals surface area contributed by atoms with E-state index in [1.807, 2.05) is 13.8 Å². The van der Waals surface area contributed by atoms with Crippen LogP contribution in [0.25, 0.3) is 0 Å². The SMILES string of the molecule is CCC(C)C(=O)N1CCN(S(=O)(=O)c2c(C)oc(C)c2C(=O)O)CC1. The molecule has 0 radical (unpaired) electrons. The van der Waals surface area contributed by atoms with Crippen molar-refractivity contribution in [2.45, 2.75) is 39.0 Å². The predicted molar refractivity (Wildman–Crippen MR) is 89.9 cm³/mol. The zero-order valence-electron chi connectivity index (χ0n) is 14.9. The highest BCUT2D eigenvalue weighted by Gasteiger charge is 2.37. The third-order valence-corrected chi connectivity index (χ3v) is 6.65. The van der Waals surface area contributed by atoms with E-state index in [0.717, 1.165) is 6.42 Å². The monoisotopic (exact) mass is 372 g/mol. The van der Waals surface area contributed by atoms with Gasteiger partial charge in [0.25, 0.3) is 0 Å². The summed E-state index contributed by atoms with van der Waals surface area (Å²) in [4.78, 5) is 25.0. The Kier molecular flexibility index (Phi) is 5.58. The average molecular weight is 372 g/mol. The number of furan rings is 1. The molecule has 9 heteroatoms. The van der Waals surface area contributed by atoms with Crippen LogP contribution in [0.1, 0.15) is 42.1 Å². The number of nitrogens with zero attached hydrogens (tertiary/aromatic N) is 2. The standard InChI is InChI=1S/C16H24N2O6S/c1-5-10(2)15(19)17-6-8-18(9-7-17)25(22,23)14-12(4)24-11(3)13(14)16(20)21/h10H,5-9H2,1-4H3,(H,20,21). The van der Waals surface area contributed by atoms with Crippen LogP contribution >= 0.6 is 0 Å². The molecule has 0 spiro atoms. The Morgan fingerprint density at radius 3 is 2.20 bits per heavy atom. The number of amides is 1. The van der Waals surface area contributed by atoms with Gasteiger partial charge in [0.2, 0.25) is 15.9 Å². The molecule has 1 unspecified atom stereocenters. The highest BCUT2D eigenvalue weighted by Crippen LogP contribution is 2.30. The summed E-state index contributed by atoms with van der Waals surface area (Å²) in [5.74, 6) is -1.29. The van der Waals surface area contributed by atoms with E-state index in [1.54, 1.807) is 4.90 Å². The lowest BCUT2D eigenvalue weighted by Gasteiger charge is -2.35. The van der Waals surface area contributed by atoms with Gasteiger partial charge in [0.05, 0.1) is 0 Å². The Hall–Kier alpha value is -1.87. The topological polar surface area (TPSA) is 108 Å². The molecule has 1 amide bonds. The molecule has 2 rings (SSSR count). The summed E-state index contributed by atoms with van der Waals surface area (Å²) in [6.45, 7) is 7.50. The van der Waals surface area contributed by atoms with E-state index in [2.05, 4.69) is 0 Å². The van der Waals surface area contributed by atoms with E-state index in [0.29, 0.717) is 13.1 Å². The van der Waals surface area contributed by atoms with Crippen LogP contribution in [0.3, 0.4) is 0 Å². The second-order valence-corrected chi connectivity index (χ2v) is 8.14. The molecular weight excluding hydrogens is 348 g/mol. The first-order valence-electron chi connectivity index (χ1n) is 8.23. The lowest BCUT2D eigenvalue weighted by atomic mass is 10.1. The summed E-state index contributed by atoms with van der Waals surface area (Å²) in [6.07, 6.45) is 0.729. The van der Waals surface area contributed by atoms with Crippen LogP contribution in [-0.4, -0.2) is 60.8 Å². The highest BCUT2D eigenvalue weighted by molar-refractivity contribution is 7.89. The predicted octanol–water partition coefficient (Wildman–Crippen LogP) is 1.47. The number of aryl methyl sites for hydroxylation is 2. The molecule has 1 fully saturated rings. The van der Waals surface area contributed by atoms with Crippen LogP contribution in [-0.2, 0) is 14.8 Å². The normalized spacial score (nSPS) is 17.5. The van der Waals surface area contributed by atoms with E-state index < -0.39 is 16.0 Å². The molecule has 1 saturated heterocycles. The first kappa shape index (κ1) is 19.5. The maximum atomic E-state index is 12.9. The number of carbonyl (C=O) groups excluding carboxylic acids is 1. The smallest absolute Gasteiger partial charge is 0.340 e. The maximum Gasteiger partial charge on any atom is 0.340 e. The Labute approximate surface area is 147 Å². The Balaban J connectivity index is 2.24. The van der Waals surface area contributed by atoms with E-state index >= 15 is 0 Å². The lowest BCUT2D eigenvalue weighted by molar-refractivity contribution is -0.136. The van der Waals surface area contributed by atoms with Crippen LogP contribution in [0, 0.1) is 19.8 Å². The zero-order valence-corrected chi connectivity index (χ0v) is 15.7. The van der Waals surface area contributed by atoms with E-state index in [4.69, 9.17) is 4.42 Å². The summed E-state index contributed by atoms with van der Waals surface area (Å²) in [5, 5.41) is 9.33. The number of hydrogen-bond acceptors (Lipinski definition) is 5. The second kappa shape index (κ2) is 7.17. The first-order valence-corrected chi connectivity index (χ1v) is 9.67. The van der Waals surface area contributed by atoms with E-state index in [1.165, 1.54) is 18.2 Å². The number of hydrogen-bond donors (Lipinski definition) is 1. The molecule has 1 aromatic heterocycles. The van der Waals surface area contributed by atoms with Gasteiger partial charge >= 0.3 is 5.97 Å². The van der Waals surface area contributed by atoms with E-state index in [9.17, 15) is 23.1 Å². The molecule has 1 aromatic rings. The summed E-state index contributed by atoms with van der Waals surface area (Å²) < 4.78 is 32.3. The third kappa shape index (κ3) is 3.57. The second-order valence-electron chi connectivity index (χ2n) is 6.26. The quantitative estimate of drug-likeness (QED) is 0.838.